The van der Waals surface area contributed by atoms with E-state index in [9.17, 15) is 0 Å². The van der Waals surface area contributed by atoms with Crippen LogP contribution in [0.15, 0.2) is 0 Å². The fourth-order valence-corrected chi connectivity index (χ4v) is 1.90. The minimum absolute atomic E-state index is 0.908. The van der Waals surface area contributed by atoms with Crippen molar-refractivity contribution in [2.45, 2.75) is 33.1 Å². The molecule has 0 saturated carbocycles. The van der Waals surface area contributed by atoms with Gasteiger partial charge in [0, 0.05) is 0 Å². The molecule has 2 atom stereocenters. The van der Waals surface area contributed by atoms with Crippen molar-refractivity contribution in [3.8, 4) is 0 Å². The number of nitrogens with one attached hydrogen (secondary N) is 1. The quantitative estimate of drug-likeness (QED) is 0.620. The van der Waals surface area contributed by atoms with E-state index in [0.29, 0.717) is 0 Å². The summed E-state index contributed by atoms with van der Waals surface area (Å²) >= 11 is 0. The van der Waals surface area contributed by atoms with Crippen LogP contribution in [-0.2, 0) is 0 Å². The van der Waals surface area contributed by atoms with Gasteiger partial charge in [-0.3, -0.25) is 0 Å². The fraction of sp³-hybridized carbons (Fsp3) is 1.00. The van der Waals surface area contributed by atoms with Gasteiger partial charge >= 0.3 is 0 Å². The van der Waals surface area contributed by atoms with Crippen molar-refractivity contribution < 1.29 is 0 Å². The first-order valence-corrected chi connectivity index (χ1v) is 4.53. The predicted octanol–water partition coefficient (Wildman–Crippen LogP) is 2.03. The fourth-order valence-electron chi connectivity index (χ4n) is 1.90. The van der Waals surface area contributed by atoms with Crippen LogP contribution in [-0.4, -0.2) is 13.1 Å². The maximum absolute atomic E-state index is 3.47. The molecule has 1 fully saturated rings. The Kier molecular flexibility index (Phi) is 3.20. The van der Waals surface area contributed by atoms with E-state index in [1.165, 1.54) is 32.4 Å². The third-order valence-corrected chi connectivity index (χ3v) is 2.36. The predicted molar refractivity (Wildman–Crippen MR) is 45.0 cm³/mol. The van der Waals surface area contributed by atoms with Gasteiger partial charge in [-0.1, -0.05) is 20.3 Å². The number of piperidine rings is 1. The van der Waals surface area contributed by atoms with Gasteiger partial charge in [0.15, 0.2) is 0 Å². The Morgan fingerprint density at radius 1 is 1.40 bits per heavy atom. The van der Waals surface area contributed by atoms with Crippen molar-refractivity contribution in [2.24, 2.45) is 11.8 Å². The van der Waals surface area contributed by atoms with Crippen LogP contribution in [0.1, 0.15) is 33.1 Å². The summed E-state index contributed by atoms with van der Waals surface area (Å²) in [5.74, 6) is 1.87. The molecule has 2 unspecified atom stereocenters. The minimum Gasteiger partial charge on any atom is -0.316 e. The highest BCUT2D eigenvalue weighted by molar-refractivity contribution is 4.72. The second-order valence-corrected chi connectivity index (χ2v) is 3.65. The summed E-state index contributed by atoms with van der Waals surface area (Å²) in [7, 11) is 0. The molecule has 1 nitrogen and oxygen atoms in total. The maximum atomic E-state index is 3.47. The SMILES string of the molecule is CCCC1CNCC(C)C1. The first-order valence-electron chi connectivity index (χ1n) is 4.53. The topological polar surface area (TPSA) is 12.0 Å². The lowest BCUT2D eigenvalue weighted by Gasteiger charge is -2.27. The summed E-state index contributed by atoms with van der Waals surface area (Å²) in [6.45, 7) is 7.12. The first-order chi connectivity index (χ1) is 4.83. The van der Waals surface area contributed by atoms with Crippen molar-refractivity contribution in [3.05, 3.63) is 0 Å². The second-order valence-electron chi connectivity index (χ2n) is 3.65. The molecule has 0 spiro atoms. The Bertz CT molecular complexity index is 88.7. The summed E-state index contributed by atoms with van der Waals surface area (Å²) in [5, 5.41) is 3.47. The van der Waals surface area contributed by atoms with Gasteiger partial charge < -0.3 is 5.32 Å². The smallest absolute Gasteiger partial charge is 0.00203 e. The number of hydrogen-bond acceptors (Lipinski definition) is 1. The van der Waals surface area contributed by atoms with Crippen molar-refractivity contribution >= 4 is 0 Å². The summed E-state index contributed by atoms with van der Waals surface area (Å²) in [6, 6.07) is 0. The van der Waals surface area contributed by atoms with Crippen LogP contribution in [0.3, 0.4) is 0 Å². The van der Waals surface area contributed by atoms with Crippen molar-refractivity contribution in [1.29, 1.82) is 0 Å². The van der Waals surface area contributed by atoms with Gasteiger partial charge in [-0.2, -0.15) is 0 Å². The molecule has 1 N–H and O–H groups in total. The molecule has 10 heavy (non-hydrogen) atoms. The Balaban J connectivity index is 2.18. The molecule has 0 aromatic heterocycles. The Morgan fingerprint density at radius 3 is 2.80 bits per heavy atom. The van der Waals surface area contributed by atoms with Gasteiger partial charge in [0.25, 0.3) is 0 Å². The maximum Gasteiger partial charge on any atom is -0.00203 e. The molecule has 0 bridgehead atoms. The lowest BCUT2D eigenvalue weighted by Crippen LogP contribution is -2.34. The van der Waals surface area contributed by atoms with Crippen LogP contribution in [0.4, 0.5) is 0 Å². The normalized spacial score (nSPS) is 34.2. The van der Waals surface area contributed by atoms with Gasteiger partial charge in [-0.05, 0) is 37.8 Å². The van der Waals surface area contributed by atoms with Crippen molar-refractivity contribution in [1.82, 2.24) is 5.32 Å². The van der Waals surface area contributed by atoms with Crippen LogP contribution < -0.4 is 5.32 Å². The van der Waals surface area contributed by atoms with Gasteiger partial charge in [-0.15, -0.1) is 0 Å². The molecule has 1 heterocycles. The number of hydrogen-bond donors (Lipinski definition) is 1. The standard InChI is InChI=1S/C9H19N/c1-3-4-9-5-8(2)6-10-7-9/h8-10H,3-7H2,1-2H3. The molecule has 1 saturated heterocycles. The van der Waals surface area contributed by atoms with E-state index < -0.39 is 0 Å². The van der Waals surface area contributed by atoms with E-state index in [4.69, 9.17) is 0 Å². The Morgan fingerprint density at radius 2 is 2.20 bits per heavy atom. The lowest BCUT2D eigenvalue weighted by molar-refractivity contribution is 0.288. The molecular formula is C9H19N. The summed E-state index contributed by atoms with van der Waals surface area (Å²) in [6.07, 6.45) is 4.21. The molecule has 1 heteroatoms. The molecule has 1 rings (SSSR count). The van der Waals surface area contributed by atoms with Crippen LogP contribution in [0.25, 0.3) is 0 Å². The van der Waals surface area contributed by atoms with E-state index in [-0.39, 0.29) is 0 Å². The average molecular weight is 141 g/mol. The van der Waals surface area contributed by atoms with Gasteiger partial charge in [0.05, 0.1) is 0 Å². The first kappa shape index (κ1) is 8.06. The van der Waals surface area contributed by atoms with E-state index in [1.54, 1.807) is 0 Å². The van der Waals surface area contributed by atoms with Gasteiger partial charge in [0.2, 0.25) is 0 Å². The summed E-state index contributed by atoms with van der Waals surface area (Å²) in [5.41, 5.74) is 0. The zero-order chi connectivity index (χ0) is 7.40. The molecule has 60 valence electrons. The summed E-state index contributed by atoms with van der Waals surface area (Å²) < 4.78 is 0. The second kappa shape index (κ2) is 3.97. The highest BCUT2D eigenvalue weighted by Gasteiger charge is 2.16. The summed E-state index contributed by atoms with van der Waals surface area (Å²) in [4.78, 5) is 0. The van der Waals surface area contributed by atoms with Crippen molar-refractivity contribution in [3.63, 3.8) is 0 Å². The minimum atomic E-state index is 0.908. The monoisotopic (exact) mass is 141 g/mol. The number of rotatable bonds is 2. The van der Waals surface area contributed by atoms with Crippen molar-refractivity contribution in [2.75, 3.05) is 13.1 Å². The molecule has 1 aliphatic rings. The Labute approximate surface area is 64.2 Å². The van der Waals surface area contributed by atoms with Crippen LogP contribution >= 0.6 is 0 Å². The van der Waals surface area contributed by atoms with E-state index in [1.807, 2.05) is 0 Å². The molecule has 0 radical (unpaired) electrons. The molecule has 0 aromatic carbocycles. The average Bonchev–Trinajstić information content (AvgIpc) is 1.88. The molecule has 1 aliphatic heterocycles. The van der Waals surface area contributed by atoms with Gasteiger partial charge in [0.1, 0.15) is 0 Å². The third kappa shape index (κ3) is 2.30. The molecular weight excluding hydrogens is 122 g/mol. The van der Waals surface area contributed by atoms with Crippen LogP contribution in [0.2, 0.25) is 0 Å². The zero-order valence-corrected chi connectivity index (χ0v) is 7.19. The molecule has 0 aromatic rings. The lowest BCUT2D eigenvalue weighted by atomic mass is 9.89. The largest absolute Gasteiger partial charge is 0.316 e. The highest BCUT2D eigenvalue weighted by atomic mass is 14.9. The molecule has 0 amide bonds. The van der Waals surface area contributed by atoms with Crippen LogP contribution in [0.5, 0.6) is 0 Å². The highest BCUT2D eigenvalue weighted by Crippen LogP contribution is 2.19. The van der Waals surface area contributed by atoms with Gasteiger partial charge in [-0.25, -0.2) is 0 Å². The zero-order valence-electron chi connectivity index (χ0n) is 7.19. The Hall–Kier alpha value is -0.0400. The van der Waals surface area contributed by atoms with E-state index >= 15 is 0 Å². The van der Waals surface area contributed by atoms with Crippen LogP contribution in [0, 0.1) is 11.8 Å². The molecule has 0 aliphatic carbocycles. The van der Waals surface area contributed by atoms with E-state index in [0.717, 1.165) is 11.8 Å². The van der Waals surface area contributed by atoms with E-state index in [2.05, 4.69) is 19.2 Å². The third-order valence-electron chi connectivity index (χ3n) is 2.36.